The van der Waals surface area contributed by atoms with Crippen LogP contribution in [0.25, 0.3) is 11.0 Å². The summed E-state index contributed by atoms with van der Waals surface area (Å²) in [5, 5.41) is 0. The first kappa shape index (κ1) is 15.2. The highest BCUT2D eigenvalue weighted by Crippen LogP contribution is 2.24. The smallest absolute Gasteiger partial charge is 0.323 e. The summed E-state index contributed by atoms with van der Waals surface area (Å²) in [6, 6.07) is 9.39. The molecule has 3 aromatic rings. The van der Waals surface area contributed by atoms with Gasteiger partial charge in [-0.2, -0.15) is 0 Å². The number of hydrogen-bond acceptors (Lipinski definition) is 4. The van der Waals surface area contributed by atoms with Crippen molar-refractivity contribution < 1.29 is 13.2 Å². The van der Waals surface area contributed by atoms with Crippen molar-refractivity contribution in [2.75, 3.05) is 11.8 Å². The topological polar surface area (TPSA) is 104 Å². The van der Waals surface area contributed by atoms with Crippen LogP contribution in [0.2, 0.25) is 0 Å². The number of methoxy groups -OCH3 is 1. The first-order valence-corrected chi connectivity index (χ1v) is 8.27. The summed E-state index contributed by atoms with van der Waals surface area (Å²) in [6.45, 7) is 1.77. The number of aryl methyl sites for hydroxylation is 1. The molecule has 3 rings (SSSR count). The first-order valence-electron chi connectivity index (χ1n) is 6.78. The minimum atomic E-state index is -3.73. The number of anilines is 1. The number of aromatic nitrogens is 2. The Labute approximate surface area is 132 Å². The average molecular weight is 333 g/mol. The molecule has 0 radical (unpaired) electrons. The van der Waals surface area contributed by atoms with Crippen LogP contribution in [0.4, 0.5) is 5.69 Å². The van der Waals surface area contributed by atoms with Crippen LogP contribution < -0.4 is 15.1 Å². The zero-order chi connectivity index (χ0) is 16.6. The van der Waals surface area contributed by atoms with Gasteiger partial charge < -0.3 is 14.7 Å². The van der Waals surface area contributed by atoms with Crippen LogP contribution in [0.3, 0.4) is 0 Å². The molecule has 1 heterocycles. The molecule has 8 heteroatoms. The van der Waals surface area contributed by atoms with Crippen molar-refractivity contribution in [1.29, 1.82) is 0 Å². The average Bonchev–Trinajstić information content (AvgIpc) is 2.86. The van der Waals surface area contributed by atoms with E-state index < -0.39 is 10.0 Å². The summed E-state index contributed by atoms with van der Waals surface area (Å²) in [4.78, 5) is 16.6. The Balaban J connectivity index is 1.95. The van der Waals surface area contributed by atoms with Crippen molar-refractivity contribution in [3.05, 3.63) is 52.4 Å². The number of fused-ring (bicyclic) bond motifs is 1. The third kappa shape index (κ3) is 2.93. The number of aromatic amines is 2. The lowest BCUT2D eigenvalue weighted by Gasteiger charge is -2.10. The fourth-order valence-corrected chi connectivity index (χ4v) is 3.46. The molecule has 0 spiro atoms. The standard InChI is InChI=1S/C15H15N3O4S/c1-9-7-11(4-6-14(9)22-2)23(20,21)18-10-3-5-12-13(8-10)17-15(19)16-12/h3-8,18H,1-2H3,(H2,16,17,19). The third-order valence-corrected chi connectivity index (χ3v) is 4.82. The van der Waals surface area contributed by atoms with Gasteiger partial charge in [0.05, 0.1) is 28.7 Å². The fraction of sp³-hybridized carbons (Fsp3) is 0.133. The third-order valence-electron chi connectivity index (χ3n) is 3.44. The summed E-state index contributed by atoms with van der Waals surface area (Å²) in [6.07, 6.45) is 0. The van der Waals surface area contributed by atoms with Crippen molar-refractivity contribution >= 4 is 26.7 Å². The largest absolute Gasteiger partial charge is 0.496 e. The number of H-pyrrole nitrogens is 2. The van der Waals surface area contributed by atoms with E-state index in [1.54, 1.807) is 31.2 Å². The number of sulfonamides is 1. The zero-order valence-corrected chi connectivity index (χ0v) is 13.3. The first-order chi connectivity index (χ1) is 10.9. The lowest BCUT2D eigenvalue weighted by molar-refractivity contribution is 0.411. The zero-order valence-electron chi connectivity index (χ0n) is 12.5. The summed E-state index contributed by atoms with van der Waals surface area (Å²) in [5.74, 6) is 0.621. The minimum Gasteiger partial charge on any atom is -0.496 e. The predicted molar refractivity (Wildman–Crippen MR) is 87.5 cm³/mol. The normalized spacial score (nSPS) is 11.6. The maximum atomic E-state index is 12.5. The molecule has 0 fully saturated rings. The van der Waals surface area contributed by atoms with E-state index in [9.17, 15) is 13.2 Å². The molecule has 2 aromatic carbocycles. The van der Waals surface area contributed by atoms with Crippen LogP contribution in [0.15, 0.2) is 46.1 Å². The number of benzene rings is 2. The van der Waals surface area contributed by atoms with Crippen molar-refractivity contribution in [3.8, 4) is 5.75 Å². The van der Waals surface area contributed by atoms with Gasteiger partial charge in [0, 0.05) is 0 Å². The minimum absolute atomic E-state index is 0.137. The van der Waals surface area contributed by atoms with Gasteiger partial charge in [-0.1, -0.05) is 0 Å². The Morgan fingerprint density at radius 1 is 1.04 bits per heavy atom. The van der Waals surface area contributed by atoms with Gasteiger partial charge in [-0.25, -0.2) is 13.2 Å². The van der Waals surface area contributed by atoms with Crippen LogP contribution in [0.1, 0.15) is 5.56 Å². The summed E-state index contributed by atoms with van der Waals surface area (Å²) < 4.78 is 32.6. The fourth-order valence-electron chi connectivity index (χ4n) is 2.33. The highest BCUT2D eigenvalue weighted by molar-refractivity contribution is 7.92. The second-order valence-electron chi connectivity index (χ2n) is 5.08. The van der Waals surface area contributed by atoms with E-state index >= 15 is 0 Å². The lowest BCUT2D eigenvalue weighted by Crippen LogP contribution is -2.13. The molecule has 0 aliphatic carbocycles. The maximum Gasteiger partial charge on any atom is 0.323 e. The van der Waals surface area contributed by atoms with Gasteiger partial charge in [0.15, 0.2) is 0 Å². The number of hydrogen-bond donors (Lipinski definition) is 3. The Morgan fingerprint density at radius 3 is 2.48 bits per heavy atom. The molecule has 0 unspecified atom stereocenters. The van der Waals surface area contributed by atoms with Crippen molar-refractivity contribution in [1.82, 2.24) is 9.97 Å². The summed E-state index contributed by atoms with van der Waals surface area (Å²) in [5.41, 5.74) is 1.88. The number of rotatable bonds is 4. The van der Waals surface area contributed by atoms with Crippen molar-refractivity contribution in [2.24, 2.45) is 0 Å². The lowest BCUT2D eigenvalue weighted by atomic mass is 10.2. The van der Waals surface area contributed by atoms with E-state index in [2.05, 4.69) is 14.7 Å². The van der Waals surface area contributed by atoms with E-state index in [-0.39, 0.29) is 10.6 Å². The van der Waals surface area contributed by atoms with Crippen molar-refractivity contribution in [2.45, 2.75) is 11.8 Å². The van der Waals surface area contributed by atoms with Crippen LogP contribution in [0.5, 0.6) is 5.75 Å². The predicted octanol–water partition coefficient (Wildman–Crippen LogP) is 1.97. The van der Waals surface area contributed by atoms with Crippen LogP contribution in [0, 0.1) is 6.92 Å². The summed E-state index contributed by atoms with van der Waals surface area (Å²) >= 11 is 0. The molecule has 7 nitrogen and oxygen atoms in total. The second-order valence-corrected chi connectivity index (χ2v) is 6.76. The van der Waals surface area contributed by atoms with Gasteiger partial charge in [-0.3, -0.25) is 4.72 Å². The van der Waals surface area contributed by atoms with Gasteiger partial charge in [0.2, 0.25) is 0 Å². The highest BCUT2D eigenvalue weighted by Gasteiger charge is 2.16. The molecule has 3 N–H and O–H groups in total. The molecule has 0 aliphatic heterocycles. The van der Waals surface area contributed by atoms with Gasteiger partial charge in [0.25, 0.3) is 10.0 Å². The van der Waals surface area contributed by atoms with Crippen LogP contribution in [-0.4, -0.2) is 25.5 Å². The molecule has 0 amide bonds. The SMILES string of the molecule is COc1ccc(S(=O)(=O)Nc2ccc3[nH]c(=O)[nH]c3c2)cc1C. The Hall–Kier alpha value is -2.74. The van der Waals surface area contributed by atoms with Gasteiger partial charge >= 0.3 is 5.69 Å². The molecule has 1 aromatic heterocycles. The molecule has 0 bridgehead atoms. The quantitative estimate of drug-likeness (QED) is 0.679. The van der Waals surface area contributed by atoms with E-state index in [4.69, 9.17) is 4.74 Å². The Morgan fingerprint density at radius 2 is 1.78 bits per heavy atom. The Kier molecular flexibility index (Phi) is 3.61. The number of ether oxygens (including phenoxy) is 1. The van der Waals surface area contributed by atoms with Crippen LogP contribution >= 0.6 is 0 Å². The number of nitrogens with one attached hydrogen (secondary N) is 3. The molecule has 0 aliphatic rings. The monoisotopic (exact) mass is 333 g/mol. The number of imidazole rings is 1. The van der Waals surface area contributed by atoms with E-state index in [1.165, 1.54) is 19.2 Å². The summed E-state index contributed by atoms with van der Waals surface area (Å²) in [7, 11) is -2.20. The van der Waals surface area contributed by atoms with E-state index in [0.29, 0.717) is 22.5 Å². The maximum absolute atomic E-state index is 12.5. The molecule has 0 saturated carbocycles. The highest BCUT2D eigenvalue weighted by atomic mass is 32.2. The van der Waals surface area contributed by atoms with E-state index in [1.807, 2.05) is 0 Å². The molecular formula is C15H15N3O4S. The Bertz CT molecular complexity index is 1030. The van der Waals surface area contributed by atoms with E-state index in [0.717, 1.165) is 5.56 Å². The molecule has 120 valence electrons. The second kappa shape index (κ2) is 5.47. The molecule has 0 saturated heterocycles. The van der Waals surface area contributed by atoms with Crippen LogP contribution in [-0.2, 0) is 10.0 Å². The molecule has 23 heavy (non-hydrogen) atoms. The molecule has 0 atom stereocenters. The van der Waals surface area contributed by atoms with Gasteiger partial charge in [-0.15, -0.1) is 0 Å². The van der Waals surface area contributed by atoms with Gasteiger partial charge in [0.1, 0.15) is 5.75 Å². The van der Waals surface area contributed by atoms with Crippen molar-refractivity contribution in [3.63, 3.8) is 0 Å². The van der Waals surface area contributed by atoms with Gasteiger partial charge in [-0.05, 0) is 48.9 Å². The molecular weight excluding hydrogens is 318 g/mol.